The highest BCUT2D eigenvalue weighted by atomic mass is 16.4. The average molecular weight is 221 g/mol. The van der Waals surface area contributed by atoms with Crippen molar-refractivity contribution in [2.24, 2.45) is 0 Å². The van der Waals surface area contributed by atoms with Crippen LogP contribution < -0.4 is 5.32 Å². The first-order chi connectivity index (χ1) is 7.58. The van der Waals surface area contributed by atoms with Gasteiger partial charge >= 0.3 is 5.97 Å². The first-order valence-corrected chi connectivity index (χ1v) is 4.78. The minimum absolute atomic E-state index is 0.0522. The van der Waals surface area contributed by atoms with E-state index in [2.05, 4.69) is 20.4 Å². The summed E-state index contributed by atoms with van der Waals surface area (Å²) in [6.07, 6.45) is 1.33. The summed E-state index contributed by atoms with van der Waals surface area (Å²) in [5.41, 5.74) is -0.0522. The zero-order valence-corrected chi connectivity index (χ0v) is 8.88. The average Bonchev–Trinajstić information content (AvgIpc) is 2.64. The molecule has 0 spiro atoms. The summed E-state index contributed by atoms with van der Waals surface area (Å²) in [6, 6.07) is 1.60. The molecular formula is C9H11N5O2. The van der Waals surface area contributed by atoms with Gasteiger partial charge in [-0.3, -0.25) is 0 Å². The van der Waals surface area contributed by atoms with Crippen molar-refractivity contribution in [3.05, 3.63) is 18.1 Å². The SMILES string of the molecule is CC(C)Nc1cc(C(=O)O)nc2ncnn12. The summed E-state index contributed by atoms with van der Waals surface area (Å²) in [5.74, 6) is -0.254. The van der Waals surface area contributed by atoms with Crippen LogP contribution in [0.15, 0.2) is 12.4 Å². The molecule has 0 aliphatic rings. The predicted octanol–water partition coefficient (Wildman–Crippen LogP) is 0.643. The van der Waals surface area contributed by atoms with Gasteiger partial charge in [-0.05, 0) is 13.8 Å². The molecule has 2 N–H and O–H groups in total. The Morgan fingerprint density at radius 3 is 2.94 bits per heavy atom. The molecule has 7 heteroatoms. The van der Waals surface area contributed by atoms with Crippen LogP contribution in [-0.2, 0) is 0 Å². The molecule has 0 amide bonds. The first-order valence-electron chi connectivity index (χ1n) is 4.78. The Kier molecular flexibility index (Phi) is 2.43. The number of carboxylic acids is 1. The summed E-state index contributed by atoms with van der Waals surface area (Å²) in [7, 11) is 0. The molecule has 2 heterocycles. The number of anilines is 1. The van der Waals surface area contributed by atoms with Gasteiger partial charge in [-0.1, -0.05) is 0 Å². The third kappa shape index (κ3) is 1.79. The van der Waals surface area contributed by atoms with Crippen LogP contribution >= 0.6 is 0 Å². The van der Waals surface area contributed by atoms with Crippen LogP contribution in [0.5, 0.6) is 0 Å². The Morgan fingerprint density at radius 2 is 2.31 bits per heavy atom. The van der Waals surface area contributed by atoms with E-state index in [1.165, 1.54) is 16.9 Å². The fourth-order valence-corrected chi connectivity index (χ4v) is 1.32. The van der Waals surface area contributed by atoms with Crippen LogP contribution in [0.2, 0.25) is 0 Å². The molecule has 0 fully saturated rings. The lowest BCUT2D eigenvalue weighted by Crippen LogP contribution is -2.15. The fourth-order valence-electron chi connectivity index (χ4n) is 1.32. The van der Waals surface area contributed by atoms with Gasteiger partial charge in [0.25, 0.3) is 5.78 Å². The van der Waals surface area contributed by atoms with E-state index in [1.807, 2.05) is 13.8 Å². The Labute approximate surface area is 91.1 Å². The van der Waals surface area contributed by atoms with E-state index in [0.29, 0.717) is 5.82 Å². The van der Waals surface area contributed by atoms with Gasteiger partial charge in [0.1, 0.15) is 12.1 Å². The Balaban J connectivity index is 2.59. The molecule has 0 aromatic carbocycles. The Hall–Kier alpha value is -2.18. The van der Waals surface area contributed by atoms with E-state index in [4.69, 9.17) is 5.11 Å². The van der Waals surface area contributed by atoms with Crippen molar-refractivity contribution in [2.45, 2.75) is 19.9 Å². The number of carboxylic acid groups (broad SMARTS) is 1. The molecule has 0 aliphatic heterocycles. The summed E-state index contributed by atoms with van der Waals surface area (Å²) in [5, 5.41) is 15.9. The van der Waals surface area contributed by atoms with E-state index in [1.54, 1.807) is 0 Å². The molecular weight excluding hydrogens is 210 g/mol. The van der Waals surface area contributed by atoms with Crippen molar-refractivity contribution in [1.29, 1.82) is 0 Å². The van der Waals surface area contributed by atoms with Crippen molar-refractivity contribution in [1.82, 2.24) is 19.6 Å². The number of carbonyl (C=O) groups is 1. The minimum Gasteiger partial charge on any atom is -0.477 e. The Bertz CT molecular complexity index is 534. The number of aromatic nitrogens is 4. The van der Waals surface area contributed by atoms with Gasteiger partial charge in [0.2, 0.25) is 0 Å². The number of fused-ring (bicyclic) bond motifs is 1. The highest BCUT2D eigenvalue weighted by Crippen LogP contribution is 2.11. The molecule has 0 bridgehead atoms. The second-order valence-corrected chi connectivity index (χ2v) is 3.60. The van der Waals surface area contributed by atoms with Crippen molar-refractivity contribution in [3.8, 4) is 0 Å². The standard InChI is InChI=1S/C9H11N5O2/c1-5(2)12-7-3-6(8(15)16)13-9-10-4-11-14(7)9/h3-5,12H,1-2H3,(H,15,16). The molecule has 0 radical (unpaired) electrons. The lowest BCUT2D eigenvalue weighted by Gasteiger charge is -2.11. The molecule has 16 heavy (non-hydrogen) atoms. The molecule has 84 valence electrons. The molecule has 2 rings (SSSR count). The van der Waals surface area contributed by atoms with Crippen molar-refractivity contribution < 1.29 is 9.90 Å². The van der Waals surface area contributed by atoms with Gasteiger partial charge in [0.15, 0.2) is 5.69 Å². The third-order valence-corrected chi connectivity index (χ3v) is 1.91. The smallest absolute Gasteiger partial charge is 0.354 e. The van der Waals surface area contributed by atoms with Crippen molar-refractivity contribution in [3.63, 3.8) is 0 Å². The van der Waals surface area contributed by atoms with Crippen LogP contribution in [0.25, 0.3) is 5.78 Å². The van der Waals surface area contributed by atoms with E-state index in [9.17, 15) is 4.79 Å². The summed E-state index contributed by atoms with van der Waals surface area (Å²) in [6.45, 7) is 3.90. The van der Waals surface area contributed by atoms with Gasteiger partial charge in [-0.15, -0.1) is 0 Å². The Morgan fingerprint density at radius 1 is 1.56 bits per heavy atom. The van der Waals surface area contributed by atoms with Gasteiger partial charge in [-0.2, -0.15) is 14.6 Å². The number of rotatable bonds is 3. The maximum Gasteiger partial charge on any atom is 0.354 e. The monoisotopic (exact) mass is 221 g/mol. The maximum absolute atomic E-state index is 10.9. The van der Waals surface area contributed by atoms with Gasteiger partial charge < -0.3 is 10.4 Å². The highest BCUT2D eigenvalue weighted by molar-refractivity contribution is 5.86. The lowest BCUT2D eigenvalue weighted by atomic mass is 10.3. The van der Waals surface area contributed by atoms with E-state index in [0.717, 1.165) is 0 Å². The van der Waals surface area contributed by atoms with Gasteiger partial charge in [-0.25, -0.2) is 9.78 Å². The van der Waals surface area contributed by atoms with Crippen LogP contribution in [-0.4, -0.2) is 36.7 Å². The molecule has 0 saturated heterocycles. The quantitative estimate of drug-likeness (QED) is 0.790. The van der Waals surface area contributed by atoms with Crippen LogP contribution in [0, 0.1) is 0 Å². The number of hydrogen-bond donors (Lipinski definition) is 2. The molecule has 0 atom stereocenters. The van der Waals surface area contributed by atoms with Crippen LogP contribution in [0.1, 0.15) is 24.3 Å². The van der Waals surface area contributed by atoms with E-state index in [-0.39, 0.29) is 17.5 Å². The molecule has 7 nitrogen and oxygen atoms in total. The van der Waals surface area contributed by atoms with E-state index >= 15 is 0 Å². The first kappa shape index (κ1) is 10.3. The topological polar surface area (TPSA) is 92.4 Å². The minimum atomic E-state index is -1.09. The number of hydrogen-bond acceptors (Lipinski definition) is 5. The number of aromatic carboxylic acids is 1. The third-order valence-electron chi connectivity index (χ3n) is 1.91. The normalized spacial score (nSPS) is 10.9. The molecule has 0 aliphatic carbocycles. The number of nitrogens with one attached hydrogen (secondary N) is 1. The summed E-state index contributed by atoms with van der Waals surface area (Å²) in [4.78, 5) is 18.6. The lowest BCUT2D eigenvalue weighted by molar-refractivity contribution is 0.0690. The molecule has 0 saturated carbocycles. The van der Waals surface area contributed by atoms with E-state index < -0.39 is 5.97 Å². The van der Waals surface area contributed by atoms with Crippen molar-refractivity contribution in [2.75, 3.05) is 5.32 Å². The number of nitrogens with zero attached hydrogens (tertiary/aromatic N) is 4. The second-order valence-electron chi connectivity index (χ2n) is 3.60. The zero-order valence-electron chi connectivity index (χ0n) is 8.88. The second kappa shape index (κ2) is 3.76. The fraction of sp³-hybridized carbons (Fsp3) is 0.333. The van der Waals surface area contributed by atoms with Crippen LogP contribution in [0.4, 0.5) is 5.82 Å². The zero-order chi connectivity index (χ0) is 11.7. The van der Waals surface area contributed by atoms with Gasteiger partial charge in [0.05, 0.1) is 0 Å². The molecule has 0 unspecified atom stereocenters. The highest BCUT2D eigenvalue weighted by Gasteiger charge is 2.12. The largest absolute Gasteiger partial charge is 0.477 e. The van der Waals surface area contributed by atoms with Crippen molar-refractivity contribution >= 4 is 17.6 Å². The predicted molar refractivity (Wildman–Crippen MR) is 56.5 cm³/mol. The maximum atomic E-state index is 10.9. The molecule has 2 aromatic rings. The summed E-state index contributed by atoms with van der Waals surface area (Å²) < 4.78 is 1.46. The van der Waals surface area contributed by atoms with Crippen LogP contribution in [0.3, 0.4) is 0 Å². The van der Waals surface area contributed by atoms with Gasteiger partial charge in [0, 0.05) is 12.1 Å². The summed E-state index contributed by atoms with van der Waals surface area (Å²) >= 11 is 0. The molecule has 2 aromatic heterocycles.